The van der Waals surface area contributed by atoms with Gasteiger partial charge in [0.2, 0.25) is 5.91 Å². The number of hydrogen-bond acceptors (Lipinski definition) is 5. The molecule has 0 bridgehead atoms. The molecule has 6 nitrogen and oxygen atoms in total. The Morgan fingerprint density at radius 2 is 1.81 bits per heavy atom. The summed E-state index contributed by atoms with van der Waals surface area (Å²) in [5.74, 6) is -1.21. The van der Waals surface area contributed by atoms with Crippen molar-refractivity contribution in [3.63, 3.8) is 0 Å². The average Bonchev–Trinajstić information content (AvgIpc) is 3.01. The van der Waals surface area contributed by atoms with Crippen LogP contribution in [0.3, 0.4) is 0 Å². The largest absolute Gasteiger partial charge is 0.293 e. The maximum absolute atomic E-state index is 12.7. The highest BCUT2D eigenvalue weighted by Crippen LogP contribution is 2.33. The Bertz CT molecular complexity index is 1120. The number of rotatable bonds is 6. The van der Waals surface area contributed by atoms with Gasteiger partial charge in [-0.2, -0.15) is 0 Å². The van der Waals surface area contributed by atoms with Crippen molar-refractivity contribution in [3.05, 3.63) is 73.6 Å². The van der Waals surface area contributed by atoms with Crippen molar-refractivity contribution < 1.29 is 14.4 Å². The average molecular weight is 529 g/mol. The molecule has 0 saturated carbocycles. The van der Waals surface area contributed by atoms with Gasteiger partial charge in [0, 0.05) is 23.0 Å². The molecule has 0 spiro atoms. The predicted octanol–water partition coefficient (Wildman–Crippen LogP) is 5.09. The van der Waals surface area contributed by atoms with Gasteiger partial charge in [-0.25, -0.2) is 0 Å². The zero-order valence-corrected chi connectivity index (χ0v) is 20.3. The van der Waals surface area contributed by atoms with Gasteiger partial charge in [-0.05, 0) is 42.3 Å². The van der Waals surface area contributed by atoms with Crippen LogP contribution in [0, 0.1) is 0 Å². The number of carbonyl (C=O) groups excluding carboxylic acids is 3. The van der Waals surface area contributed by atoms with Gasteiger partial charge >= 0.3 is 0 Å². The lowest BCUT2D eigenvalue weighted by Crippen LogP contribution is -2.42. The zero-order valence-electron chi connectivity index (χ0n) is 16.4. The van der Waals surface area contributed by atoms with E-state index in [0.717, 1.165) is 5.56 Å². The topological polar surface area (TPSA) is 78.5 Å². The molecule has 1 aliphatic rings. The minimum absolute atomic E-state index is 0.0786. The van der Waals surface area contributed by atoms with Crippen LogP contribution >= 0.6 is 58.8 Å². The molecule has 1 aliphatic heterocycles. The Labute approximate surface area is 209 Å². The summed E-state index contributed by atoms with van der Waals surface area (Å²) < 4.78 is 0.416. The smallest absolute Gasteiger partial charge is 0.271 e. The molecule has 32 heavy (non-hydrogen) atoms. The third kappa shape index (κ3) is 6.24. The van der Waals surface area contributed by atoms with E-state index in [9.17, 15) is 14.4 Å². The van der Waals surface area contributed by atoms with Crippen LogP contribution < -0.4 is 10.9 Å². The molecule has 3 rings (SSSR count). The van der Waals surface area contributed by atoms with Gasteiger partial charge in [0.25, 0.3) is 11.8 Å². The third-order valence-corrected chi connectivity index (χ3v) is 6.61. The first-order valence-electron chi connectivity index (χ1n) is 9.30. The summed E-state index contributed by atoms with van der Waals surface area (Å²) in [6.45, 7) is 0.273. The van der Waals surface area contributed by atoms with E-state index >= 15 is 0 Å². The Kier molecular flexibility index (Phi) is 8.56. The van der Waals surface area contributed by atoms with Crippen molar-refractivity contribution in [2.45, 2.75) is 12.8 Å². The number of amides is 3. The highest BCUT2D eigenvalue weighted by molar-refractivity contribution is 8.26. The van der Waals surface area contributed by atoms with E-state index in [2.05, 4.69) is 10.9 Å². The van der Waals surface area contributed by atoms with E-state index in [1.54, 1.807) is 12.1 Å². The zero-order chi connectivity index (χ0) is 23.3. The lowest BCUT2D eigenvalue weighted by Gasteiger charge is -2.14. The van der Waals surface area contributed by atoms with E-state index in [4.69, 9.17) is 47.0 Å². The van der Waals surface area contributed by atoms with E-state index in [1.165, 1.54) is 34.9 Å². The van der Waals surface area contributed by atoms with Crippen LogP contribution in [0.4, 0.5) is 0 Å². The summed E-state index contributed by atoms with van der Waals surface area (Å²) in [5.41, 5.74) is 5.52. The molecule has 166 valence electrons. The summed E-state index contributed by atoms with van der Waals surface area (Å²) in [7, 11) is 0. The van der Waals surface area contributed by atoms with Crippen LogP contribution in [-0.2, 0) is 9.59 Å². The van der Waals surface area contributed by atoms with Crippen LogP contribution in [-0.4, -0.2) is 33.5 Å². The van der Waals surface area contributed by atoms with Crippen molar-refractivity contribution in [2.75, 3.05) is 6.54 Å². The summed E-state index contributed by atoms with van der Waals surface area (Å²) in [6.07, 6.45) is 2.14. The number of benzene rings is 2. The number of hydrazine groups is 1. The van der Waals surface area contributed by atoms with E-state index in [1.807, 2.05) is 18.2 Å². The van der Waals surface area contributed by atoms with Gasteiger partial charge in [0.15, 0.2) is 0 Å². The Morgan fingerprint density at radius 1 is 1.06 bits per heavy atom. The minimum Gasteiger partial charge on any atom is -0.293 e. The first kappa shape index (κ1) is 24.5. The molecule has 0 radical (unpaired) electrons. The number of carbonyl (C=O) groups is 3. The molecule has 1 saturated heterocycles. The van der Waals surface area contributed by atoms with Gasteiger partial charge < -0.3 is 0 Å². The first-order valence-corrected chi connectivity index (χ1v) is 11.7. The van der Waals surface area contributed by atoms with Crippen LogP contribution in [0.5, 0.6) is 0 Å². The molecule has 2 aromatic carbocycles. The van der Waals surface area contributed by atoms with Crippen LogP contribution in [0.15, 0.2) is 47.4 Å². The van der Waals surface area contributed by atoms with Crippen molar-refractivity contribution >= 4 is 86.9 Å². The molecule has 0 aromatic heterocycles. The SMILES string of the molecule is O=C(CCCN1C(=O)C(=Cc2ccccc2Cl)SC1=S)NNC(=O)c1ccc(Cl)cc1Cl. The molecule has 0 unspecified atom stereocenters. The fourth-order valence-electron chi connectivity index (χ4n) is 2.75. The Balaban J connectivity index is 1.48. The number of hydrogen-bond donors (Lipinski definition) is 2. The quantitative estimate of drug-likeness (QED) is 0.310. The number of thiocarbonyl (C=S) groups is 1. The lowest BCUT2D eigenvalue weighted by molar-refractivity contribution is -0.124. The second kappa shape index (κ2) is 11.2. The maximum Gasteiger partial charge on any atom is 0.271 e. The maximum atomic E-state index is 12.7. The summed E-state index contributed by atoms with van der Waals surface area (Å²) in [4.78, 5) is 38.7. The fraction of sp³-hybridized carbons (Fsp3) is 0.143. The fourth-order valence-corrected chi connectivity index (χ4v) is 4.74. The van der Waals surface area contributed by atoms with Gasteiger partial charge in [0.05, 0.1) is 15.5 Å². The van der Waals surface area contributed by atoms with Crippen LogP contribution in [0.25, 0.3) is 6.08 Å². The molecule has 11 heteroatoms. The molecular formula is C21H16Cl3N3O3S2. The summed E-state index contributed by atoms with van der Waals surface area (Å²) in [6, 6.07) is 11.6. The van der Waals surface area contributed by atoms with Gasteiger partial charge in [0.1, 0.15) is 4.32 Å². The molecule has 0 atom stereocenters. The molecule has 3 amide bonds. The highest BCUT2D eigenvalue weighted by Gasteiger charge is 2.31. The van der Waals surface area contributed by atoms with E-state index < -0.39 is 11.8 Å². The highest BCUT2D eigenvalue weighted by atomic mass is 35.5. The normalized spacial score (nSPS) is 14.7. The standard InChI is InChI=1S/C21H16Cl3N3O3S2/c22-13-7-8-14(16(24)11-13)19(29)26-25-18(28)6-3-9-27-20(30)17(32-21(27)31)10-12-4-1-2-5-15(12)23/h1-2,4-5,7-8,10-11H,3,6,9H2,(H,25,28)(H,26,29). The van der Waals surface area contributed by atoms with Crippen LogP contribution in [0.2, 0.25) is 15.1 Å². The molecular weight excluding hydrogens is 513 g/mol. The molecule has 2 aromatic rings. The van der Waals surface area contributed by atoms with Crippen molar-refractivity contribution in [3.8, 4) is 0 Å². The molecule has 0 aliphatic carbocycles. The molecule has 1 fully saturated rings. The number of thioether (sulfide) groups is 1. The summed E-state index contributed by atoms with van der Waals surface area (Å²) >= 11 is 24.4. The Morgan fingerprint density at radius 3 is 2.53 bits per heavy atom. The van der Waals surface area contributed by atoms with Gasteiger partial charge in [-0.3, -0.25) is 30.1 Å². The van der Waals surface area contributed by atoms with Gasteiger partial charge in [-0.1, -0.05) is 77.0 Å². The van der Waals surface area contributed by atoms with Gasteiger partial charge in [-0.15, -0.1) is 0 Å². The Hall–Kier alpha value is -2.10. The van der Waals surface area contributed by atoms with E-state index in [-0.39, 0.29) is 29.5 Å². The predicted molar refractivity (Wildman–Crippen MR) is 133 cm³/mol. The van der Waals surface area contributed by atoms with Crippen molar-refractivity contribution in [2.24, 2.45) is 0 Å². The van der Waals surface area contributed by atoms with Crippen molar-refractivity contribution in [1.82, 2.24) is 15.8 Å². The first-order chi connectivity index (χ1) is 15.3. The number of nitrogens with one attached hydrogen (secondary N) is 2. The monoisotopic (exact) mass is 527 g/mol. The number of halogens is 3. The second-order valence-corrected chi connectivity index (χ2v) is 9.51. The number of nitrogens with zero attached hydrogens (tertiary/aromatic N) is 1. The lowest BCUT2D eigenvalue weighted by atomic mass is 10.2. The van der Waals surface area contributed by atoms with Crippen molar-refractivity contribution in [1.29, 1.82) is 0 Å². The van der Waals surface area contributed by atoms with E-state index in [0.29, 0.717) is 25.7 Å². The molecule has 1 heterocycles. The third-order valence-electron chi connectivity index (χ3n) is 4.34. The van der Waals surface area contributed by atoms with Crippen LogP contribution in [0.1, 0.15) is 28.8 Å². The summed E-state index contributed by atoms with van der Waals surface area (Å²) in [5, 5.41) is 1.10. The minimum atomic E-state index is -0.568. The second-order valence-electron chi connectivity index (χ2n) is 6.58. The molecule has 2 N–H and O–H groups in total.